The van der Waals surface area contributed by atoms with Crippen LogP contribution in [-0.4, -0.2) is 9.97 Å². The SMILES string of the molecule is Cc1cc(CNc2nc(C3CC3)nc(NN)c2C)sc1C. The summed E-state index contributed by atoms with van der Waals surface area (Å²) in [7, 11) is 0. The summed E-state index contributed by atoms with van der Waals surface area (Å²) in [6.45, 7) is 7.07. The third kappa shape index (κ3) is 3.01. The predicted octanol–water partition coefficient (Wildman–Crippen LogP) is 3.24. The summed E-state index contributed by atoms with van der Waals surface area (Å²) in [5.41, 5.74) is 4.99. The van der Waals surface area contributed by atoms with Crippen molar-refractivity contribution >= 4 is 23.0 Å². The molecule has 0 aliphatic heterocycles. The van der Waals surface area contributed by atoms with E-state index in [1.807, 2.05) is 18.3 Å². The molecule has 0 saturated heterocycles. The van der Waals surface area contributed by atoms with Crippen molar-refractivity contribution in [2.24, 2.45) is 5.84 Å². The lowest BCUT2D eigenvalue weighted by molar-refractivity contribution is 0.911. The van der Waals surface area contributed by atoms with Gasteiger partial charge < -0.3 is 10.7 Å². The summed E-state index contributed by atoms with van der Waals surface area (Å²) >= 11 is 1.83. The number of anilines is 2. The first kappa shape index (κ1) is 14.3. The number of nitrogens with two attached hydrogens (primary N) is 1. The zero-order chi connectivity index (χ0) is 15.0. The number of hydrogen-bond acceptors (Lipinski definition) is 6. The molecule has 0 spiro atoms. The van der Waals surface area contributed by atoms with E-state index in [-0.39, 0.29) is 0 Å². The summed E-state index contributed by atoms with van der Waals surface area (Å²) < 4.78 is 0. The van der Waals surface area contributed by atoms with Gasteiger partial charge in [0, 0.05) is 21.2 Å². The Balaban J connectivity index is 1.81. The van der Waals surface area contributed by atoms with Crippen molar-refractivity contribution in [1.29, 1.82) is 0 Å². The average molecular weight is 303 g/mol. The van der Waals surface area contributed by atoms with Gasteiger partial charge in [-0.1, -0.05) is 0 Å². The quantitative estimate of drug-likeness (QED) is 0.584. The summed E-state index contributed by atoms with van der Waals surface area (Å²) in [6.07, 6.45) is 2.35. The second-order valence-corrected chi connectivity index (χ2v) is 6.97. The van der Waals surface area contributed by atoms with Gasteiger partial charge in [-0.05, 0) is 45.2 Å². The van der Waals surface area contributed by atoms with Gasteiger partial charge in [-0.15, -0.1) is 11.3 Å². The minimum atomic E-state index is 0.504. The fourth-order valence-corrected chi connectivity index (χ4v) is 3.27. The van der Waals surface area contributed by atoms with Crippen LogP contribution < -0.4 is 16.6 Å². The maximum atomic E-state index is 5.57. The highest BCUT2D eigenvalue weighted by Crippen LogP contribution is 2.39. The van der Waals surface area contributed by atoms with Gasteiger partial charge in [0.2, 0.25) is 0 Å². The number of hydrazine groups is 1. The fourth-order valence-electron chi connectivity index (χ4n) is 2.28. The summed E-state index contributed by atoms with van der Waals surface area (Å²) in [5, 5.41) is 3.43. The van der Waals surface area contributed by atoms with Crippen LogP contribution >= 0.6 is 11.3 Å². The van der Waals surface area contributed by atoms with Gasteiger partial charge in [0.25, 0.3) is 0 Å². The van der Waals surface area contributed by atoms with E-state index in [2.05, 4.69) is 40.6 Å². The number of hydrogen-bond donors (Lipinski definition) is 3. The molecular formula is C15H21N5S. The normalized spacial score (nSPS) is 14.3. The molecule has 5 nitrogen and oxygen atoms in total. The summed E-state index contributed by atoms with van der Waals surface area (Å²) in [6, 6.07) is 2.23. The molecule has 3 rings (SSSR count). The van der Waals surface area contributed by atoms with E-state index < -0.39 is 0 Å². The van der Waals surface area contributed by atoms with Gasteiger partial charge in [-0.2, -0.15) is 0 Å². The maximum absolute atomic E-state index is 5.57. The van der Waals surface area contributed by atoms with Crippen molar-refractivity contribution in [2.45, 2.75) is 46.1 Å². The molecule has 0 bridgehead atoms. The third-order valence-electron chi connectivity index (χ3n) is 3.89. The Bertz CT molecular complexity index is 641. The monoisotopic (exact) mass is 303 g/mol. The Morgan fingerprint density at radius 3 is 2.52 bits per heavy atom. The van der Waals surface area contributed by atoms with E-state index in [0.29, 0.717) is 11.7 Å². The van der Waals surface area contributed by atoms with Crippen LogP contribution in [-0.2, 0) is 6.54 Å². The van der Waals surface area contributed by atoms with E-state index in [0.717, 1.165) is 23.8 Å². The highest BCUT2D eigenvalue weighted by Gasteiger charge is 2.28. The number of aromatic nitrogens is 2. The molecule has 2 heterocycles. The Morgan fingerprint density at radius 1 is 1.24 bits per heavy atom. The molecule has 0 atom stereocenters. The number of rotatable bonds is 5. The Labute approximate surface area is 129 Å². The Kier molecular flexibility index (Phi) is 3.82. The predicted molar refractivity (Wildman–Crippen MR) is 87.7 cm³/mol. The van der Waals surface area contributed by atoms with Crippen LogP contribution in [0.15, 0.2) is 6.07 Å². The maximum Gasteiger partial charge on any atom is 0.148 e. The fraction of sp³-hybridized carbons (Fsp3) is 0.467. The van der Waals surface area contributed by atoms with Crippen LogP contribution in [0.4, 0.5) is 11.6 Å². The van der Waals surface area contributed by atoms with E-state index in [4.69, 9.17) is 5.84 Å². The number of nitrogens with zero attached hydrogens (tertiary/aromatic N) is 2. The van der Waals surface area contributed by atoms with Crippen molar-refractivity contribution in [3.63, 3.8) is 0 Å². The van der Waals surface area contributed by atoms with Crippen molar-refractivity contribution in [2.75, 3.05) is 10.7 Å². The molecule has 6 heteroatoms. The first-order valence-corrected chi connectivity index (χ1v) is 8.05. The van der Waals surface area contributed by atoms with Crippen molar-refractivity contribution in [1.82, 2.24) is 9.97 Å². The number of thiophene rings is 1. The van der Waals surface area contributed by atoms with Crippen LogP contribution in [0.5, 0.6) is 0 Å². The molecule has 1 aliphatic rings. The van der Waals surface area contributed by atoms with E-state index in [1.54, 1.807) is 0 Å². The lowest BCUT2D eigenvalue weighted by atomic mass is 10.2. The molecule has 112 valence electrons. The van der Waals surface area contributed by atoms with Crippen molar-refractivity contribution in [3.8, 4) is 0 Å². The minimum Gasteiger partial charge on any atom is -0.365 e. The van der Waals surface area contributed by atoms with Gasteiger partial charge in [0.1, 0.15) is 17.5 Å². The zero-order valence-corrected chi connectivity index (χ0v) is 13.5. The van der Waals surface area contributed by atoms with Gasteiger partial charge >= 0.3 is 0 Å². The first-order chi connectivity index (χ1) is 10.1. The van der Waals surface area contributed by atoms with Crippen LogP contribution in [0.25, 0.3) is 0 Å². The third-order valence-corrected chi connectivity index (χ3v) is 5.04. The number of aryl methyl sites for hydroxylation is 2. The molecule has 2 aromatic heterocycles. The molecule has 0 radical (unpaired) electrons. The second kappa shape index (κ2) is 5.61. The lowest BCUT2D eigenvalue weighted by Crippen LogP contribution is -2.14. The number of nitrogens with one attached hydrogen (secondary N) is 2. The molecule has 1 saturated carbocycles. The largest absolute Gasteiger partial charge is 0.365 e. The molecule has 0 amide bonds. The van der Waals surface area contributed by atoms with E-state index >= 15 is 0 Å². The molecular weight excluding hydrogens is 282 g/mol. The van der Waals surface area contributed by atoms with Crippen LogP contribution in [0.1, 0.15) is 45.5 Å². The second-order valence-electron chi connectivity index (χ2n) is 5.63. The minimum absolute atomic E-state index is 0.504. The van der Waals surface area contributed by atoms with Gasteiger partial charge in [-0.25, -0.2) is 15.8 Å². The van der Waals surface area contributed by atoms with Crippen LogP contribution in [0, 0.1) is 20.8 Å². The molecule has 21 heavy (non-hydrogen) atoms. The van der Waals surface area contributed by atoms with Crippen LogP contribution in [0.3, 0.4) is 0 Å². The Morgan fingerprint density at radius 2 is 1.95 bits per heavy atom. The Hall–Kier alpha value is -1.66. The zero-order valence-electron chi connectivity index (χ0n) is 12.7. The van der Waals surface area contributed by atoms with Crippen molar-refractivity contribution < 1.29 is 0 Å². The molecule has 0 unspecified atom stereocenters. The van der Waals surface area contributed by atoms with Gasteiger partial charge in [0.15, 0.2) is 0 Å². The highest BCUT2D eigenvalue weighted by atomic mass is 32.1. The van der Waals surface area contributed by atoms with Gasteiger partial charge in [0.05, 0.1) is 6.54 Å². The van der Waals surface area contributed by atoms with E-state index in [1.165, 1.54) is 28.2 Å². The number of nitrogen functional groups attached to an aromatic ring is 1. The standard InChI is InChI=1S/C15H21N5S/c1-8-6-12(21-10(8)3)7-17-13-9(2)14(20-16)19-15(18-13)11-4-5-11/h6,11H,4-5,7,16H2,1-3H3,(H2,17,18,19,20). The first-order valence-electron chi connectivity index (χ1n) is 7.23. The highest BCUT2D eigenvalue weighted by molar-refractivity contribution is 7.12. The summed E-state index contributed by atoms with van der Waals surface area (Å²) in [5.74, 6) is 8.57. The van der Waals surface area contributed by atoms with E-state index in [9.17, 15) is 0 Å². The van der Waals surface area contributed by atoms with Crippen LogP contribution in [0.2, 0.25) is 0 Å². The molecule has 0 aromatic carbocycles. The molecule has 4 N–H and O–H groups in total. The van der Waals surface area contributed by atoms with Gasteiger partial charge in [-0.3, -0.25) is 0 Å². The molecule has 1 fully saturated rings. The van der Waals surface area contributed by atoms with Crippen molar-refractivity contribution in [3.05, 3.63) is 32.8 Å². The summed E-state index contributed by atoms with van der Waals surface area (Å²) in [4.78, 5) is 11.9. The average Bonchev–Trinajstić information content (AvgIpc) is 3.25. The molecule has 2 aromatic rings. The smallest absolute Gasteiger partial charge is 0.148 e. The molecule has 1 aliphatic carbocycles. The lowest BCUT2D eigenvalue weighted by Gasteiger charge is -2.13. The topological polar surface area (TPSA) is 75.9 Å².